The molecule has 13 heavy (non-hydrogen) atoms. The Morgan fingerprint density at radius 2 is 2.23 bits per heavy atom. The largest absolute Gasteiger partial charge is 0.333 e. The van der Waals surface area contributed by atoms with Gasteiger partial charge in [0.05, 0.1) is 5.02 Å². The van der Waals surface area contributed by atoms with Gasteiger partial charge in [-0.15, -0.1) is 0 Å². The minimum Gasteiger partial charge on any atom is -0.333 e. The maximum atomic E-state index is 5.85. The van der Waals surface area contributed by atoms with E-state index in [1.54, 1.807) is 6.20 Å². The van der Waals surface area contributed by atoms with Crippen LogP contribution in [0.4, 0.5) is 0 Å². The van der Waals surface area contributed by atoms with Gasteiger partial charge in [0.2, 0.25) is 0 Å². The second-order valence-electron chi connectivity index (χ2n) is 3.11. The number of hydrogen-bond donors (Lipinski definition) is 0. The van der Waals surface area contributed by atoms with Crippen molar-refractivity contribution in [2.75, 3.05) is 0 Å². The molecule has 2 aromatic heterocycles. The van der Waals surface area contributed by atoms with Gasteiger partial charge in [-0.1, -0.05) is 18.5 Å². The van der Waals surface area contributed by atoms with E-state index < -0.39 is 0 Å². The fourth-order valence-corrected chi connectivity index (χ4v) is 1.75. The van der Waals surface area contributed by atoms with Crippen LogP contribution in [-0.4, -0.2) is 9.55 Å². The Morgan fingerprint density at radius 3 is 2.92 bits per heavy atom. The molecule has 0 spiro atoms. The molecule has 0 saturated heterocycles. The molecule has 68 valence electrons. The number of aryl methyl sites for hydroxylation is 2. The maximum Gasteiger partial charge on any atom is 0.139 e. The molecular formula is C10H11ClN2. The van der Waals surface area contributed by atoms with Gasteiger partial charge in [0.25, 0.3) is 0 Å². The minimum atomic E-state index is 0.695. The van der Waals surface area contributed by atoms with Crippen molar-refractivity contribution in [3.63, 3.8) is 0 Å². The van der Waals surface area contributed by atoms with Gasteiger partial charge >= 0.3 is 0 Å². The summed E-state index contributed by atoms with van der Waals surface area (Å²) in [6.45, 7) is 2.13. The van der Waals surface area contributed by atoms with Crippen LogP contribution < -0.4 is 0 Å². The first-order valence-corrected chi connectivity index (χ1v) is 4.70. The molecule has 0 N–H and O–H groups in total. The molecule has 3 heteroatoms. The molecule has 0 aliphatic heterocycles. The average molecular weight is 195 g/mol. The number of nitrogens with zero attached hydrogens (tertiary/aromatic N) is 2. The van der Waals surface area contributed by atoms with Crippen LogP contribution in [0.1, 0.15) is 12.6 Å². The normalized spacial score (nSPS) is 11.0. The third-order valence-electron chi connectivity index (χ3n) is 2.29. The van der Waals surface area contributed by atoms with Gasteiger partial charge in [-0.2, -0.15) is 0 Å². The lowest BCUT2D eigenvalue weighted by Crippen LogP contribution is -1.94. The second kappa shape index (κ2) is 3.04. The van der Waals surface area contributed by atoms with Crippen LogP contribution in [0, 0.1) is 0 Å². The summed E-state index contributed by atoms with van der Waals surface area (Å²) in [4.78, 5) is 4.28. The molecule has 0 amide bonds. The molecule has 2 heterocycles. The Balaban J connectivity index is 2.76. The van der Waals surface area contributed by atoms with Gasteiger partial charge in [-0.05, 0) is 18.6 Å². The standard InChI is InChI=1S/C10H11ClN2/c1-3-9-5-7-4-8(11)6-12-10(7)13(9)2/h4-6H,3H2,1-2H3. The van der Waals surface area contributed by atoms with E-state index in [9.17, 15) is 0 Å². The highest BCUT2D eigenvalue weighted by atomic mass is 35.5. The fourth-order valence-electron chi connectivity index (χ4n) is 1.59. The summed E-state index contributed by atoms with van der Waals surface area (Å²) in [7, 11) is 2.03. The second-order valence-corrected chi connectivity index (χ2v) is 3.55. The predicted molar refractivity (Wildman–Crippen MR) is 55.1 cm³/mol. The lowest BCUT2D eigenvalue weighted by atomic mass is 10.3. The Bertz CT molecular complexity index is 445. The van der Waals surface area contributed by atoms with Gasteiger partial charge in [0.1, 0.15) is 5.65 Å². The van der Waals surface area contributed by atoms with Crippen molar-refractivity contribution in [2.45, 2.75) is 13.3 Å². The summed E-state index contributed by atoms with van der Waals surface area (Å²) < 4.78 is 2.10. The average Bonchev–Trinajstić information content (AvgIpc) is 2.42. The lowest BCUT2D eigenvalue weighted by molar-refractivity contribution is 0.854. The molecule has 0 aromatic carbocycles. The van der Waals surface area contributed by atoms with Crippen molar-refractivity contribution in [1.82, 2.24) is 9.55 Å². The molecule has 0 unspecified atom stereocenters. The number of rotatable bonds is 1. The number of hydrogen-bond acceptors (Lipinski definition) is 1. The molecule has 2 rings (SSSR count). The van der Waals surface area contributed by atoms with Crippen LogP contribution in [-0.2, 0) is 13.5 Å². The van der Waals surface area contributed by atoms with E-state index in [1.165, 1.54) is 5.69 Å². The summed E-state index contributed by atoms with van der Waals surface area (Å²) in [5.74, 6) is 0. The zero-order valence-corrected chi connectivity index (χ0v) is 8.47. The first-order valence-electron chi connectivity index (χ1n) is 4.32. The fraction of sp³-hybridized carbons (Fsp3) is 0.300. The molecule has 0 fully saturated rings. The van der Waals surface area contributed by atoms with Crippen molar-refractivity contribution < 1.29 is 0 Å². The van der Waals surface area contributed by atoms with E-state index in [1.807, 2.05) is 13.1 Å². The predicted octanol–water partition coefficient (Wildman–Crippen LogP) is 2.79. The topological polar surface area (TPSA) is 17.8 Å². The Morgan fingerprint density at radius 1 is 1.46 bits per heavy atom. The van der Waals surface area contributed by atoms with Crippen LogP contribution in [0.2, 0.25) is 5.02 Å². The first kappa shape index (κ1) is 8.57. The van der Waals surface area contributed by atoms with Crippen molar-refractivity contribution in [1.29, 1.82) is 0 Å². The number of halogens is 1. The Labute approximate surface area is 82.1 Å². The van der Waals surface area contributed by atoms with Crippen molar-refractivity contribution in [3.05, 3.63) is 29.0 Å². The first-order chi connectivity index (χ1) is 6.22. The number of pyridine rings is 1. The summed E-state index contributed by atoms with van der Waals surface area (Å²) >= 11 is 5.85. The number of aromatic nitrogens is 2. The van der Waals surface area contributed by atoms with Crippen LogP contribution in [0.25, 0.3) is 11.0 Å². The van der Waals surface area contributed by atoms with Gasteiger partial charge in [-0.25, -0.2) is 4.98 Å². The van der Waals surface area contributed by atoms with E-state index in [0.29, 0.717) is 5.02 Å². The van der Waals surface area contributed by atoms with Gasteiger partial charge in [0.15, 0.2) is 0 Å². The third kappa shape index (κ3) is 1.31. The summed E-state index contributed by atoms with van der Waals surface area (Å²) in [5, 5.41) is 1.81. The molecular weight excluding hydrogens is 184 g/mol. The summed E-state index contributed by atoms with van der Waals surface area (Å²) in [5.41, 5.74) is 2.28. The van der Waals surface area contributed by atoms with E-state index in [0.717, 1.165) is 17.5 Å². The lowest BCUT2D eigenvalue weighted by Gasteiger charge is -1.98. The van der Waals surface area contributed by atoms with Gasteiger partial charge in [0, 0.05) is 24.3 Å². The highest BCUT2D eigenvalue weighted by Crippen LogP contribution is 2.20. The smallest absolute Gasteiger partial charge is 0.139 e. The van der Waals surface area contributed by atoms with Crippen LogP contribution in [0.5, 0.6) is 0 Å². The van der Waals surface area contributed by atoms with Crippen molar-refractivity contribution in [3.8, 4) is 0 Å². The van der Waals surface area contributed by atoms with E-state index >= 15 is 0 Å². The van der Waals surface area contributed by atoms with Crippen LogP contribution in [0.3, 0.4) is 0 Å². The quantitative estimate of drug-likeness (QED) is 0.683. The SMILES string of the molecule is CCc1cc2cc(Cl)cnc2n1C. The molecule has 0 aliphatic carbocycles. The molecule has 0 atom stereocenters. The zero-order chi connectivity index (χ0) is 9.42. The molecule has 2 aromatic rings. The maximum absolute atomic E-state index is 5.85. The Hall–Kier alpha value is -1.02. The Kier molecular flexibility index (Phi) is 2.00. The zero-order valence-electron chi connectivity index (χ0n) is 7.71. The van der Waals surface area contributed by atoms with E-state index in [2.05, 4.69) is 22.5 Å². The highest BCUT2D eigenvalue weighted by Gasteiger charge is 2.04. The molecule has 0 radical (unpaired) electrons. The van der Waals surface area contributed by atoms with Gasteiger partial charge < -0.3 is 4.57 Å². The molecule has 0 aliphatic rings. The van der Waals surface area contributed by atoms with Crippen LogP contribution in [0.15, 0.2) is 18.3 Å². The molecule has 0 bridgehead atoms. The summed E-state index contributed by atoms with van der Waals surface area (Å²) in [6.07, 6.45) is 2.70. The van der Waals surface area contributed by atoms with Crippen LogP contribution >= 0.6 is 11.6 Å². The third-order valence-corrected chi connectivity index (χ3v) is 2.50. The van der Waals surface area contributed by atoms with Crippen molar-refractivity contribution in [2.24, 2.45) is 7.05 Å². The van der Waals surface area contributed by atoms with Gasteiger partial charge in [-0.3, -0.25) is 0 Å². The monoisotopic (exact) mass is 194 g/mol. The highest BCUT2D eigenvalue weighted by molar-refractivity contribution is 6.31. The number of fused-ring (bicyclic) bond motifs is 1. The minimum absolute atomic E-state index is 0.695. The van der Waals surface area contributed by atoms with Crippen molar-refractivity contribution >= 4 is 22.6 Å². The molecule has 2 nitrogen and oxygen atoms in total. The summed E-state index contributed by atoms with van der Waals surface area (Å²) in [6, 6.07) is 4.08. The molecule has 0 saturated carbocycles. The van der Waals surface area contributed by atoms with E-state index in [4.69, 9.17) is 11.6 Å². The van der Waals surface area contributed by atoms with E-state index in [-0.39, 0.29) is 0 Å².